The number of methoxy groups -OCH3 is 1. The van der Waals surface area contributed by atoms with Crippen LogP contribution in [0.25, 0.3) is 22.0 Å². The van der Waals surface area contributed by atoms with Crippen molar-refractivity contribution in [2.45, 2.75) is 6.42 Å². The third kappa shape index (κ3) is 3.88. The highest BCUT2D eigenvalue weighted by Gasteiger charge is 2.05. The first-order chi connectivity index (χ1) is 13.7. The van der Waals surface area contributed by atoms with E-state index in [1.54, 1.807) is 13.4 Å². The van der Waals surface area contributed by atoms with Gasteiger partial charge in [0.2, 0.25) is 0 Å². The summed E-state index contributed by atoms with van der Waals surface area (Å²) in [5.41, 5.74) is 11.1. The fraction of sp³-hybridized carbons (Fsp3) is 0.130. The maximum atomic E-state index is 5.91. The number of hydrogen-bond donors (Lipinski definition) is 2. The van der Waals surface area contributed by atoms with Crippen LogP contribution in [0.3, 0.4) is 0 Å². The number of aromatic nitrogens is 2. The monoisotopic (exact) mass is 370 g/mol. The van der Waals surface area contributed by atoms with Gasteiger partial charge in [-0.3, -0.25) is 0 Å². The highest BCUT2D eigenvalue weighted by atomic mass is 16.5. The molecule has 3 aromatic carbocycles. The van der Waals surface area contributed by atoms with Crippen molar-refractivity contribution in [1.82, 2.24) is 9.97 Å². The molecule has 0 unspecified atom stereocenters. The zero-order chi connectivity index (χ0) is 19.3. The smallest absolute Gasteiger partial charge is 0.137 e. The average molecular weight is 370 g/mol. The van der Waals surface area contributed by atoms with Crippen molar-refractivity contribution in [3.8, 4) is 16.9 Å². The molecule has 0 aliphatic heterocycles. The molecule has 0 atom stereocenters. The molecule has 0 saturated heterocycles. The molecule has 0 aliphatic rings. The summed E-state index contributed by atoms with van der Waals surface area (Å²) in [5, 5.41) is 4.35. The number of nitrogen functional groups attached to an aromatic ring is 1. The summed E-state index contributed by atoms with van der Waals surface area (Å²) in [6.07, 6.45) is 2.46. The van der Waals surface area contributed by atoms with E-state index in [0.29, 0.717) is 5.69 Å². The first kappa shape index (κ1) is 17.8. The van der Waals surface area contributed by atoms with Crippen LogP contribution in [0, 0.1) is 0 Å². The van der Waals surface area contributed by atoms with E-state index in [1.165, 1.54) is 16.7 Å². The Morgan fingerprint density at radius 1 is 0.929 bits per heavy atom. The Kier molecular flexibility index (Phi) is 5.06. The molecule has 0 fully saturated rings. The van der Waals surface area contributed by atoms with Crippen LogP contribution in [0.5, 0.6) is 5.75 Å². The first-order valence-electron chi connectivity index (χ1n) is 9.20. The third-order valence-corrected chi connectivity index (χ3v) is 4.72. The number of nitrogens with two attached hydrogens (primary N) is 1. The zero-order valence-electron chi connectivity index (χ0n) is 15.7. The van der Waals surface area contributed by atoms with E-state index in [1.807, 2.05) is 30.3 Å². The molecular weight excluding hydrogens is 348 g/mol. The van der Waals surface area contributed by atoms with Gasteiger partial charge in [0.1, 0.15) is 17.9 Å². The van der Waals surface area contributed by atoms with Gasteiger partial charge in [-0.15, -0.1) is 0 Å². The summed E-state index contributed by atoms with van der Waals surface area (Å²) in [5.74, 6) is 1.67. The van der Waals surface area contributed by atoms with Crippen LogP contribution in [0.15, 0.2) is 73.1 Å². The number of rotatable bonds is 6. The lowest BCUT2D eigenvalue weighted by molar-refractivity contribution is 0.415. The molecule has 1 aromatic heterocycles. The van der Waals surface area contributed by atoms with E-state index < -0.39 is 0 Å². The molecule has 28 heavy (non-hydrogen) atoms. The van der Waals surface area contributed by atoms with E-state index in [9.17, 15) is 0 Å². The largest absolute Gasteiger partial charge is 0.497 e. The number of nitrogens with one attached hydrogen (secondary N) is 1. The molecule has 1 heterocycles. The lowest BCUT2D eigenvalue weighted by Gasteiger charge is -2.10. The molecular formula is C23H22N4O. The Bertz CT molecular complexity index is 1090. The Labute approximate surface area is 164 Å². The molecule has 3 N–H and O–H groups in total. The highest BCUT2D eigenvalue weighted by Crippen LogP contribution is 2.24. The lowest BCUT2D eigenvalue weighted by Crippen LogP contribution is -2.07. The maximum absolute atomic E-state index is 5.91. The molecule has 4 aromatic rings. The van der Waals surface area contributed by atoms with Gasteiger partial charge in [0, 0.05) is 17.6 Å². The number of benzene rings is 3. The SMILES string of the molecule is COc1ccc(-c2cccc(CCNc3ncnc4ccc(N)cc34)c2)cc1. The molecule has 0 bridgehead atoms. The second-order valence-electron chi connectivity index (χ2n) is 6.60. The minimum atomic E-state index is 0.706. The van der Waals surface area contributed by atoms with Gasteiger partial charge >= 0.3 is 0 Å². The van der Waals surface area contributed by atoms with E-state index >= 15 is 0 Å². The maximum Gasteiger partial charge on any atom is 0.137 e. The van der Waals surface area contributed by atoms with Crippen LogP contribution >= 0.6 is 0 Å². The number of ether oxygens (including phenoxy) is 1. The third-order valence-electron chi connectivity index (χ3n) is 4.72. The van der Waals surface area contributed by atoms with Crippen LogP contribution in [0.4, 0.5) is 11.5 Å². The zero-order valence-corrected chi connectivity index (χ0v) is 15.7. The van der Waals surface area contributed by atoms with Crippen LogP contribution < -0.4 is 15.8 Å². The van der Waals surface area contributed by atoms with Gasteiger partial charge in [-0.05, 0) is 53.4 Å². The minimum absolute atomic E-state index is 0.706. The van der Waals surface area contributed by atoms with Crippen LogP contribution in [-0.2, 0) is 6.42 Å². The van der Waals surface area contributed by atoms with Crippen molar-refractivity contribution >= 4 is 22.4 Å². The predicted molar refractivity (Wildman–Crippen MR) is 115 cm³/mol. The Morgan fingerprint density at radius 3 is 2.61 bits per heavy atom. The summed E-state index contributed by atoms with van der Waals surface area (Å²) >= 11 is 0. The minimum Gasteiger partial charge on any atom is -0.497 e. The number of nitrogens with zero attached hydrogens (tertiary/aromatic N) is 2. The van der Waals surface area contributed by atoms with Gasteiger partial charge in [-0.25, -0.2) is 9.97 Å². The predicted octanol–water partition coefficient (Wildman–Crippen LogP) is 4.54. The van der Waals surface area contributed by atoms with Gasteiger partial charge in [0.05, 0.1) is 12.6 Å². The van der Waals surface area contributed by atoms with Crippen LogP contribution in [-0.4, -0.2) is 23.6 Å². The summed E-state index contributed by atoms with van der Waals surface area (Å²) in [7, 11) is 1.68. The second kappa shape index (κ2) is 7.96. The molecule has 0 amide bonds. The summed E-state index contributed by atoms with van der Waals surface area (Å²) in [4.78, 5) is 8.66. The molecule has 5 nitrogen and oxygen atoms in total. The van der Waals surface area contributed by atoms with Gasteiger partial charge in [0.15, 0.2) is 0 Å². The molecule has 0 aliphatic carbocycles. The fourth-order valence-electron chi connectivity index (χ4n) is 3.23. The molecule has 0 saturated carbocycles. The Balaban J connectivity index is 1.46. The quantitative estimate of drug-likeness (QED) is 0.487. The number of fused-ring (bicyclic) bond motifs is 1. The van der Waals surface area contributed by atoms with Gasteiger partial charge < -0.3 is 15.8 Å². The van der Waals surface area contributed by atoms with Gasteiger partial charge in [-0.2, -0.15) is 0 Å². The van der Waals surface area contributed by atoms with E-state index in [4.69, 9.17) is 10.5 Å². The number of anilines is 2. The van der Waals surface area contributed by atoms with Crippen LogP contribution in [0.1, 0.15) is 5.56 Å². The van der Waals surface area contributed by atoms with Gasteiger partial charge in [-0.1, -0.05) is 36.4 Å². The molecule has 4 rings (SSSR count). The van der Waals surface area contributed by atoms with Crippen molar-refractivity contribution < 1.29 is 4.74 Å². The van der Waals surface area contributed by atoms with E-state index in [-0.39, 0.29) is 0 Å². The van der Waals surface area contributed by atoms with Crippen LogP contribution in [0.2, 0.25) is 0 Å². The summed E-state index contributed by atoms with van der Waals surface area (Å²) < 4.78 is 5.24. The van der Waals surface area contributed by atoms with Crippen molar-refractivity contribution in [1.29, 1.82) is 0 Å². The topological polar surface area (TPSA) is 73.1 Å². The van der Waals surface area contributed by atoms with Crippen molar-refractivity contribution in [2.24, 2.45) is 0 Å². The average Bonchev–Trinajstić information content (AvgIpc) is 2.74. The standard InChI is InChI=1S/C23H22N4O/c1-28-20-8-5-17(6-9-20)18-4-2-3-16(13-18)11-12-25-23-21-14-19(24)7-10-22(21)26-15-27-23/h2-10,13-15H,11-12,24H2,1H3,(H,25,26,27). The molecule has 0 spiro atoms. The fourth-order valence-corrected chi connectivity index (χ4v) is 3.23. The highest BCUT2D eigenvalue weighted by molar-refractivity contribution is 5.91. The normalized spacial score (nSPS) is 10.8. The Morgan fingerprint density at radius 2 is 1.79 bits per heavy atom. The van der Waals surface area contributed by atoms with Gasteiger partial charge in [0.25, 0.3) is 0 Å². The van der Waals surface area contributed by atoms with Crippen molar-refractivity contribution in [2.75, 3.05) is 24.7 Å². The van der Waals surface area contributed by atoms with Crippen molar-refractivity contribution in [3.63, 3.8) is 0 Å². The van der Waals surface area contributed by atoms with Crippen molar-refractivity contribution in [3.05, 3.63) is 78.6 Å². The number of hydrogen-bond acceptors (Lipinski definition) is 5. The second-order valence-corrected chi connectivity index (χ2v) is 6.60. The first-order valence-corrected chi connectivity index (χ1v) is 9.20. The Hall–Kier alpha value is -3.60. The summed E-state index contributed by atoms with van der Waals surface area (Å²) in [6, 6.07) is 22.4. The lowest BCUT2D eigenvalue weighted by atomic mass is 10.0. The molecule has 140 valence electrons. The molecule has 5 heteroatoms. The van der Waals surface area contributed by atoms with E-state index in [2.05, 4.69) is 51.7 Å². The molecule has 0 radical (unpaired) electrons. The van der Waals surface area contributed by atoms with E-state index in [0.717, 1.165) is 35.4 Å². The summed E-state index contributed by atoms with van der Waals surface area (Å²) in [6.45, 7) is 0.771.